The summed E-state index contributed by atoms with van der Waals surface area (Å²) in [7, 11) is 3.61. The van der Waals surface area contributed by atoms with Gasteiger partial charge >= 0.3 is 5.69 Å². The maximum atomic E-state index is 10.5. The highest BCUT2D eigenvalue weighted by molar-refractivity contribution is 7.16. The van der Waals surface area contributed by atoms with Crippen molar-refractivity contribution in [2.24, 2.45) is 0 Å². The highest BCUT2D eigenvalue weighted by Gasteiger charge is 2.18. The van der Waals surface area contributed by atoms with Gasteiger partial charge in [-0.2, -0.15) is 0 Å². The summed E-state index contributed by atoms with van der Waals surface area (Å²) < 4.78 is 0. The number of nitro groups is 1. The minimum absolute atomic E-state index is 0.197. The molecule has 66 valence electrons. The van der Waals surface area contributed by atoms with E-state index < -0.39 is 0 Å². The maximum Gasteiger partial charge on any atom is 0.303 e. The minimum Gasteiger partial charge on any atom is -0.364 e. The van der Waals surface area contributed by atoms with Crippen LogP contribution in [0.25, 0.3) is 0 Å². The lowest BCUT2D eigenvalue weighted by atomic mass is 10.4. The molecule has 12 heavy (non-hydrogen) atoms. The van der Waals surface area contributed by atoms with E-state index in [2.05, 4.69) is 0 Å². The molecule has 0 saturated heterocycles. The highest BCUT2D eigenvalue weighted by atomic mass is 32.1. The number of nitrogens with zero attached hydrogens (tertiary/aromatic N) is 2. The molecule has 4 nitrogen and oxygen atoms in total. The van der Waals surface area contributed by atoms with Gasteiger partial charge in [0, 0.05) is 25.0 Å². The summed E-state index contributed by atoms with van der Waals surface area (Å²) in [6.07, 6.45) is 0. The third kappa shape index (κ3) is 1.55. The van der Waals surface area contributed by atoms with Crippen molar-refractivity contribution in [2.75, 3.05) is 19.0 Å². The Morgan fingerprint density at radius 1 is 1.58 bits per heavy atom. The fraction of sp³-hybridized carbons (Fsp3) is 0.429. The molecule has 0 aliphatic heterocycles. The molecule has 0 aliphatic carbocycles. The van der Waals surface area contributed by atoms with E-state index in [1.165, 1.54) is 11.3 Å². The number of hydrogen-bond donors (Lipinski definition) is 0. The van der Waals surface area contributed by atoms with Crippen LogP contribution in [0.3, 0.4) is 0 Å². The van der Waals surface area contributed by atoms with E-state index in [1.54, 1.807) is 25.1 Å². The quantitative estimate of drug-likeness (QED) is 0.524. The number of aryl methyl sites for hydroxylation is 1. The molecule has 5 heteroatoms. The Bertz CT molecular complexity index is 306. The van der Waals surface area contributed by atoms with E-state index in [1.807, 2.05) is 6.92 Å². The van der Waals surface area contributed by atoms with Crippen LogP contribution >= 0.6 is 11.3 Å². The first kappa shape index (κ1) is 8.99. The van der Waals surface area contributed by atoms with Crippen molar-refractivity contribution in [3.05, 3.63) is 21.1 Å². The van der Waals surface area contributed by atoms with Crippen LogP contribution in [-0.2, 0) is 0 Å². The van der Waals surface area contributed by atoms with Gasteiger partial charge in [0.1, 0.15) is 0 Å². The smallest absolute Gasteiger partial charge is 0.303 e. The molecule has 0 atom stereocenters. The predicted octanol–water partition coefficient (Wildman–Crippen LogP) is 2.03. The van der Waals surface area contributed by atoms with E-state index in [9.17, 15) is 10.1 Å². The van der Waals surface area contributed by atoms with Crippen LogP contribution in [0.1, 0.15) is 4.88 Å². The maximum absolute atomic E-state index is 10.5. The minimum atomic E-state index is -0.348. The Labute approximate surface area is 74.6 Å². The molecule has 1 heterocycles. The summed E-state index contributed by atoms with van der Waals surface area (Å²) in [5, 5.41) is 11.2. The molecule has 0 spiro atoms. The van der Waals surface area contributed by atoms with Crippen molar-refractivity contribution in [1.29, 1.82) is 0 Å². The van der Waals surface area contributed by atoms with E-state index in [-0.39, 0.29) is 10.6 Å². The molecule has 0 N–H and O–H groups in total. The van der Waals surface area contributed by atoms with E-state index in [4.69, 9.17) is 0 Å². The molecule has 1 aromatic heterocycles. The van der Waals surface area contributed by atoms with E-state index in [0.717, 1.165) is 4.88 Å². The summed E-state index contributed by atoms with van der Waals surface area (Å²) in [4.78, 5) is 12.9. The average molecular weight is 186 g/mol. The summed E-state index contributed by atoms with van der Waals surface area (Å²) >= 11 is 1.44. The van der Waals surface area contributed by atoms with E-state index in [0.29, 0.717) is 5.00 Å². The fourth-order valence-corrected chi connectivity index (χ4v) is 1.84. The average Bonchev–Trinajstić information content (AvgIpc) is 2.31. The summed E-state index contributed by atoms with van der Waals surface area (Å²) in [5.74, 6) is 0. The van der Waals surface area contributed by atoms with Gasteiger partial charge in [0.25, 0.3) is 0 Å². The molecule has 0 aliphatic rings. The molecular formula is C7H10N2O2S. The van der Waals surface area contributed by atoms with Gasteiger partial charge in [0.15, 0.2) is 5.00 Å². The topological polar surface area (TPSA) is 46.4 Å². The van der Waals surface area contributed by atoms with Crippen LogP contribution in [0, 0.1) is 17.0 Å². The lowest BCUT2D eigenvalue weighted by molar-refractivity contribution is -0.383. The zero-order valence-corrected chi connectivity index (χ0v) is 8.01. The molecular weight excluding hydrogens is 176 g/mol. The molecule has 0 amide bonds. The van der Waals surface area contributed by atoms with Crippen molar-refractivity contribution in [3.8, 4) is 0 Å². The van der Waals surface area contributed by atoms with Gasteiger partial charge in [-0.1, -0.05) is 0 Å². The van der Waals surface area contributed by atoms with Gasteiger partial charge in [-0.3, -0.25) is 10.1 Å². The van der Waals surface area contributed by atoms with Crippen molar-refractivity contribution in [2.45, 2.75) is 6.92 Å². The summed E-state index contributed by atoms with van der Waals surface area (Å²) in [6, 6.07) is 1.60. The molecule has 0 radical (unpaired) electrons. The third-order valence-electron chi connectivity index (χ3n) is 1.42. The van der Waals surface area contributed by atoms with Crippen LogP contribution in [0.2, 0.25) is 0 Å². The number of hydrogen-bond acceptors (Lipinski definition) is 4. The lowest BCUT2D eigenvalue weighted by Gasteiger charge is -2.07. The molecule has 0 unspecified atom stereocenters. The normalized spacial score (nSPS) is 9.92. The molecule has 0 aromatic carbocycles. The molecule has 0 saturated carbocycles. The second kappa shape index (κ2) is 3.10. The Kier molecular flexibility index (Phi) is 2.32. The Hall–Kier alpha value is -1.10. The SMILES string of the molecule is Cc1cc([N+](=O)[O-])c(N(C)C)s1. The Morgan fingerprint density at radius 2 is 2.17 bits per heavy atom. The van der Waals surface area contributed by atoms with Crippen LogP contribution in [0.15, 0.2) is 6.07 Å². The van der Waals surface area contributed by atoms with E-state index >= 15 is 0 Å². The Morgan fingerprint density at radius 3 is 2.50 bits per heavy atom. The van der Waals surface area contributed by atoms with Crippen molar-refractivity contribution >= 4 is 22.0 Å². The molecule has 0 bridgehead atoms. The van der Waals surface area contributed by atoms with Gasteiger partial charge in [-0.05, 0) is 6.92 Å². The summed E-state index contributed by atoms with van der Waals surface area (Å²) in [5.41, 5.74) is 0.197. The van der Waals surface area contributed by atoms with Gasteiger partial charge in [-0.15, -0.1) is 11.3 Å². The van der Waals surface area contributed by atoms with Crippen LogP contribution < -0.4 is 4.90 Å². The van der Waals surface area contributed by atoms with Crippen molar-refractivity contribution in [3.63, 3.8) is 0 Å². The molecule has 0 fully saturated rings. The summed E-state index contributed by atoms with van der Waals surface area (Å²) in [6.45, 7) is 1.87. The van der Waals surface area contributed by atoms with Gasteiger partial charge in [0.2, 0.25) is 0 Å². The molecule has 1 aromatic rings. The van der Waals surface area contributed by atoms with Crippen molar-refractivity contribution in [1.82, 2.24) is 0 Å². The number of thiophene rings is 1. The van der Waals surface area contributed by atoms with Gasteiger partial charge < -0.3 is 4.90 Å². The zero-order valence-electron chi connectivity index (χ0n) is 7.20. The van der Waals surface area contributed by atoms with Gasteiger partial charge in [-0.25, -0.2) is 0 Å². The second-order valence-corrected chi connectivity index (χ2v) is 3.93. The first-order valence-electron chi connectivity index (χ1n) is 3.44. The Balaban J connectivity index is 3.17. The van der Waals surface area contributed by atoms with Crippen LogP contribution in [0.5, 0.6) is 0 Å². The van der Waals surface area contributed by atoms with Crippen molar-refractivity contribution < 1.29 is 4.92 Å². The first-order valence-corrected chi connectivity index (χ1v) is 4.26. The second-order valence-electron chi connectivity index (χ2n) is 2.70. The number of rotatable bonds is 2. The van der Waals surface area contributed by atoms with Crippen LogP contribution in [-0.4, -0.2) is 19.0 Å². The standard InChI is InChI=1S/C7H10N2O2S/c1-5-4-6(9(10)11)7(12-5)8(2)3/h4H,1-3H3. The monoisotopic (exact) mass is 186 g/mol. The lowest BCUT2D eigenvalue weighted by Crippen LogP contribution is -2.08. The zero-order chi connectivity index (χ0) is 9.30. The van der Waals surface area contributed by atoms with Gasteiger partial charge in [0.05, 0.1) is 4.92 Å². The molecule has 1 rings (SSSR count). The largest absolute Gasteiger partial charge is 0.364 e. The highest BCUT2D eigenvalue weighted by Crippen LogP contribution is 2.35. The fourth-order valence-electron chi connectivity index (χ4n) is 0.940. The first-order chi connectivity index (χ1) is 5.52. The predicted molar refractivity (Wildman–Crippen MR) is 50.0 cm³/mol. The number of anilines is 1. The van der Waals surface area contributed by atoms with Crippen LogP contribution in [0.4, 0.5) is 10.7 Å². The third-order valence-corrected chi connectivity index (χ3v) is 2.63.